The van der Waals surface area contributed by atoms with Gasteiger partial charge in [0.05, 0.1) is 6.04 Å². The standard InChI is InChI=1S/C17H25N3O/c1-14(21)20-13-7-9-16(20)15-8-6-10-18-17(15)19-11-4-2-3-5-12-19/h6,8,10,16H,2-5,7,9,11-13H2,1H3/t16-/m0/s1. The van der Waals surface area contributed by atoms with Crippen molar-refractivity contribution in [2.75, 3.05) is 24.5 Å². The summed E-state index contributed by atoms with van der Waals surface area (Å²) in [5.41, 5.74) is 1.24. The Morgan fingerprint density at radius 3 is 2.62 bits per heavy atom. The normalized spacial score (nSPS) is 23.2. The first kappa shape index (κ1) is 14.4. The van der Waals surface area contributed by atoms with Crippen molar-refractivity contribution in [3.8, 4) is 0 Å². The second kappa shape index (κ2) is 6.46. The zero-order valence-electron chi connectivity index (χ0n) is 12.9. The number of carbonyl (C=O) groups excluding carboxylic acids is 1. The van der Waals surface area contributed by atoms with Crippen LogP contribution in [0.15, 0.2) is 18.3 Å². The van der Waals surface area contributed by atoms with E-state index in [9.17, 15) is 4.79 Å². The predicted octanol–water partition coefficient (Wildman–Crippen LogP) is 3.15. The summed E-state index contributed by atoms with van der Waals surface area (Å²) in [6.07, 6.45) is 9.18. The van der Waals surface area contributed by atoms with Crippen molar-refractivity contribution in [2.45, 2.75) is 51.5 Å². The number of hydrogen-bond donors (Lipinski definition) is 0. The van der Waals surface area contributed by atoms with Crippen LogP contribution in [-0.4, -0.2) is 35.4 Å². The molecular formula is C17H25N3O. The first-order valence-corrected chi connectivity index (χ1v) is 8.24. The number of aromatic nitrogens is 1. The zero-order chi connectivity index (χ0) is 14.7. The topological polar surface area (TPSA) is 36.4 Å². The number of carbonyl (C=O) groups is 1. The Bertz CT molecular complexity index is 495. The van der Waals surface area contributed by atoms with Gasteiger partial charge in [-0.05, 0) is 31.7 Å². The van der Waals surface area contributed by atoms with Crippen molar-refractivity contribution in [2.24, 2.45) is 0 Å². The third-order valence-corrected chi connectivity index (χ3v) is 4.74. The van der Waals surface area contributed by atoms with Gasteiger partial charge in [0.15, 0.2) is 0 Å². The van der Waals surface area contributed by atoms with Crippen LogP contribution in [0.5, 0.6) is 0 Å². The average Bonchev–Trinajstić information content (AvgIpc) is 2.83. The fourth-order valence-electron chi connectivity index (χ4n) is 3.68. The molecule has 0 radical (unpaired) electrons. The second-order valence-corrected chi connectivity index (χ2v) is 6.19. The van der Waals surface area contributed by atoms with E-state index in [0.717, 1.165) is 38.3 Å². The van der Waals surface area contributed by atoms with Crippen LogP contribution in [0.4, 0.5) is 5.82 Å². The molecule has 1 atom stereocenters. The minimum absolute atomic E-state index is 0.183. The molecule has 4 heteroatoms. The summed E-state index contributed by atoms with van der Waals surface area (Å²) < 4.78 is 0. The maximum Gasteiger partial charge on any atom is 0.219 e. The summed E-state index contributed by atoms with van der Waals surface area (Å²) in [5, 5.41) is 0. The molecule has 3 rings (SSSR count). The lowest BCUT2D eigenvalue weighted by Gasteiger charge is -2.29. The molecule has 0 unspecified atom stereocenters. The molecule has 0 spiro atoms. The van der Waals surface area contributed by atoms with Crippen LogP contribution in [0.2, 0.25) is 0 Å². The molecule has 0 bridgehead atoms. The molecule has 1 amide bonds. The summed E-state index contributed by atoms with van der Waals surface area (Å²) in [7, 11) is 0. The fourth-order valence-corrected chi connectivity index (χ4v) is 3.68. The molecule has 0 aromatic carbocycles. The summed E-state index contributed by atoms with van der Waals surface area (Å²) in [4.78, 5) is 21.0. The first-order chi connectivity index (χ1) is 10.3. The molecule has 114 valence electrons. The van der Waals surface area contributed by atoms with Gasteiger partial charge in [-0.2, -0.15) is 0 Å². The summed E-state index contributed by atoms with van der Waals surface area (Å²) in [6.45, 7) is 4.75. The smallest absolute Gasteiger partial charge is 0.219 e. The number of pyridine rings is 1. The third-order valence-electron chi connectivity index (χ3n) is 4.74. The maximum atomic E-state index is 11.9. The number of hydrogen-bond acceptors (Lipinski definition) is 3. The highest BCUT2D eigenvalue weighted by molar-refractivity contribution is 5.74. The molecule has 0 N–H and O–H groups in total. The molecule has 3 heterocycles. The Morgan fingerprint density at radius 1 is 1.14 bits per heavy atom. The number of anilines is 1. The van der Waals surface area contributed by atoms with Crippen molar-refractivity contribution < 1.29 is 4.79 Å². The second-order valence-electron chi connectivity index (χ2n) is 6.19. The minimum Gasteiger partial charge on any atom is -0.356 e. The number of rotatable bonds is 2. The van der Waals surface area contributed by atoms with E-state index in [0.29, 0.717) is 0 Å². The van der Waals surface area contributed by atoms with Crippen LogP contribution < -0.4 is 4.90 Å². The van der Waals surface area contributed by atoms with Gasteiger partial charge in [0.1, 0.15) is 5.82 Å². The summed E-state index contributed by atoms with van der Waals surface area (Å²) >= 11 is 0. The Hall–Kier alpha value is -1.58. The predicted molar refractivity (Wildman–Crippen MR) is 84.3 cm³/mol. The van der Waals surface area contributed by atoms with Crippen LogP contribution in [-0.2, 0) is 4.79 Å². The van der Waals surface area contributed by atoms with E-state index in [1.807, 2.05) is 17.2 Å². The van der Waals surface area contributed by atoms with Gasteiger partial charge < -0.3 is 9.80 Å². The van der Waals surface area contributed by atoms with Gasteiger partial charge in [0.2, 0.25) is 5.91 Å². The van der Waals surface area contributed by atoms with E-state index < -0.39 is 0 Å². The molecule has 1 aromatic heterocycles. The Balaban J connectivity index is 1.90. The van der Waals surface area contributed by atoms with Crippen molar-refractivity contribution in [1.29, 1.82) is 0 Å². The lowest BCUT2D eigenvalue weighted by molar-refractivity contribution is -0.129. The molecule has 2 aliphatic heterocycles. The van der Waals surface area contributed by atoms with E-state index in [1.54, 1.807) is 6.92 Å². The highest BCUT2D eigenvalue weighted by Gasteiger charge is 2.31. The largest absolute Gasteiger partial charge is 0.356 e. The fraction of sp³-hybridized carbons (Fsp3) is 0.647. The van der Waals surface area contributed by atoms with Crippen LogP contribution in [0.3, 0.4) is 0 Å². The van der Waals surface area contributed by atoms with Crippen LogP contribution in [0.25, 0.3) is 0 Å². The zero-order valence-corrected chi connectivity index (χ0v) is 12.9. The van der Waals surface area contributed by atoms with Gasteiger partial charge >= 0.3 is 0 Å². The van der Waals surface area contributed by atoms with Gasteiger partial charge in [0, 0.05) is 38.3 Å². The van der Waals surface area contributed by atoms with Gasteiger partial charge in [-0.25, -0.2) is 4.98 Å². The monoisotopic (exact) mass is 287 g/mol. The highest BCUT2D eigenvalue weighted by Crippen LogP contribution is 2.36. The molecule has 4 nitrogen and oxygen atoms in total. The van der Waals surface area contributed by atoms with Crippen LogP contribution in [0.1, 0.15) is 57.1 Å². The number of nitrogens with zero attached hydrogens (tertiary/aromatic N) is 3. The average molecular weight is 287 g/mol. The quantitative estimate of drug-likeness (QED) is 0.838. The van der Waals surface area contributed by atoms with E-state index in [-0.39, 0.29) is 11.9 Å². The third kappa shape index (κ3) is 3.04. The van der Waals surface area contributed by atoms with E-state index in [1.165, 1.54) is 31.2 Å². The van der Waals surface area contributed by atoms with Crippen molar-refractivity contribution >= 4 is 11.7 Å². The van der Waals surface area contributed by atoms with E-state index >= 15 is 0 Å². The summed E-state index contributed by atoms with van der Waals surface area (Å²) in [5.74, 6) is 1.29. The maximum absolute atomic E-state index is 11.9. The number of amides is 1. The van der Waals surface area contributed by atoms with E-state index in [2.05, 4.69) is 16.0 Å². The van der Waals surface area contributed by atoms with Gasteiger partial charge in [0.25, 0.3) is 0 Å². The molecular weight excluding hydrogens is 262 g/mol. The van der Waals surface area contributed by atoms with Crippen LogP contribution in [0, 0.1) is 0 Å². The van der Waals surface area contributed by atoms with Gasteiger partial charge in [-0.3, -0.25) is 4.79 Å². The lowest BCUT2D eigenvalue weighted by Crippen LogP contribution is -2.31. The van der Waals surface area contributed by atoms with Gasteiger partial charge in [-0.15, -0.1) is 0 Å². The molecule has 21 heavy (non-hydrogen) atoms. The van der Waals surface area contributed by atoms with Crippen molar-refractivity contribution in [1.82, 2.24) is 9.88 Å². The number of likely N-dealkylation sites (tertiary alicyclic amines) is 1. The first-order valence-electron chi connectivity index (χ1n) is 8.24. The molecule has 2 aliphatic rings. The van der Waals surface area contributed by atoms with Gasteiger partial charge in [-0.1, -0.05) is 18.9 Å². The molecule has 1 aromatic rings. The minimum atomic E-state index is 0.183. The Morgan fingerprint density at radius 2 is 1.90 bits per heavy atom. The van der Waals surface area contributed by atoms with Crippen LogP contribution >= 0.6 is 0 Å². The molecule has 0 aliphatic carbocycles. The molecule has 2 fully saturated rings. The SMILES string of the molecule is CC(=O)N1CCC[C@H]1c1cccnc1N1CCCCCC1. The Kier molecular flexibility index (Phi) is 4.42. The molecule has 0 saturated carbocycles. The Labute approximate surface area is 127 Å². The lowest BCUT2D eigenvalue weighted by atomic mass is 10.0. The molecule has 2 saturated heterocycles. The highest BCUT2D eigenvalue weighted by atomic mass is 16.2. The van der Waals surface area contributed by atoms with Crippen molar-refractivity contribution in [3.05, 3.63) is 23.9 Å². The summed E-state index contributed by atoms with van der Waals surface area (Å²) in [6, 6.07) is 4.39. The van der Waals surface area contributed by atoms with E-state index in [4.69, 9.17) is 0 Å². The van der Waals surface area contributed by atoms with Crippen molar-refractivity contribution in [3.63, 3.8) is 0 Å².